The number of hydrogen-bond acceptors (Lipinski definition) is 4. The number of ether oxygens (including phenoxy) is 2. The van der Waals surface area contributed by atoms with E-state index in [4.69, 9.17) is 14.6 Å². The van der Waals surface area contributed by atoms with Gasteiger partial charge in [0.05, 0.1) is 12.3 Å². The fourth-order valence-electron chi connectivity index (χ4n) is 2.40. The Labute approximate surface area is 118 Å². The molecule has 0 fully saturated rings. The molecule has 1 aromatic carbocycles. The van der Waals surface area contributed by atoms with Gasteiger partial charge in [0.1, 0.15) is 11.4 Å². The van der Waals surface area contributed by atoms with Crippen LogP contribution in [0.2, 0.25) is 0 Å². The van der Waals surface area contributed by atoms with E-state index in [0.29, 0.717) is 17.2 Å². The molecule has 1 N–H and O–H groups in total. The Morgan fingerprint density at radius 2 is 2.20 bits per heavy atom. The summed E-state index contributed by atoms with van der Waals surface area (Å²) in [6.45, 7) is 4.02. The van der Waals surface area contributed by atoms with E-state index in [0.717, 1.165) is 17.7 Å². The summed E-state index contributed by atoms with van der Waals surface area (Å²) in [6.07, 6.45) is 2.49. The number of pyridine rings is 1. The number of para-hydroxylation sites is 1. The van der Waals surface area contributed by atoms with Crippen molar-refractivity contribution >= 4 is 0 Å². The van der Waals surface area contributed by atoms with Crippen molar-refractivity contribution in [2.24, 2.45) is 0 Å². The predicted octanol–water partition coefficient (Wildman–Crippen LogP) is 3.08. The number of aromatic nitrogens is 1. The van der Waals surface area contributed by atoms with E-state index in [-0.39, 0.29) is 12.2 Å². The topological polar surface area (TPSA) is 51.6 Å². The molecule has 0 unspecified atom stereocenters. The Bertz CT molecular complexity index is 637. The Morgan fingerprint density at radius 1 is 1.35 bits per heavy atom. The minimum absolute atomic E-state index is 0.104. The maximum Gasteiger partial charge on any atom is 0.169 e. The minimum atomic E-state index is -0.198. The molecule has 20 heavy (non-hydrogen) atoms. The zero-order valence-electron chi connectivity index (χ0n) is 11.6. The summed E-state index contributed by atoms with van der Waals surface area (Å²) < 4.78 is 11.8. The van der Waals surface area contributed by atoms with Gasteiger partial charge in [0.25, 0.3) is 0 Å². The van der Waals surface area contributed by atoms with Gasteiger partial charge in [-0.1, -0.05) is 12.1 Å². The van der Waals surface area contributed by atoms with E-state index in [1.165, 1.54) is 0 Å². The van der Waals surface area contributed by atoms with Gasteiger partial charge in [-0.05, 0) is 26.0 Å². The molecule has 1 aliphatic heterocycles. The average Bonchev–Trinajstić information content (AvgIpc) is 2.74. The summed E-state index contributed by atoms with van der Waals surface area (Å²) in [7, 11) is 0. The lowest BCUT2D eigenvalue weighted by molar-refractivity contribution is 0.135. The van der Waals surface area contributed by atoms with Crippen molar-refractivity contribution in [3.63, 3.8) is 0 Å². The van der Waals surface area contributed by atoms with Crippen molar-refractivity contribution in [2.45, 2.75) is 32.5 Å². The normalized spacial score (nSPS) is 15.6. The standard InChI is InChI=1S/C16H17NO3/c1-16(2)9-11-4-3-5-14(15(11)20-16)19-13-6-7-17-12(8-13)10-18/h3-8,18H,9-10H2,1-2H3. The largest absolute Gasteiger partial charge is 0.483 e. The monoisotopic (exact) mass is 271 g/mol. The molecule has 4 heteroatoms. The molecular weight excluding hydrogens is 254 g/mol. The molecule has 2 heterocycles. The highest BCUT2D eigenvalue weighted by atomic mass is 16.5. The van der Waals surface area contributed by atoms with Crippen LogP contribution >= 0.6 is 0 Å². The van der Waals surface area contributed by atoms with Crippen LogP contribution in [0.3, 0.4) is 0 Å². The molecular formula is C16H17NO3. The second kappa shape index (κ2) is 4.80. The summed E-state index contributed by atoms with van der Waals surface area (Å²) >= 11 is 0. The van der Waals surface area contributed by atoms with Gasteiger partial charge in [0.15, 0.2) is 11.5 Å². The van der Waals surface area contributed by atoms with E-state index in [9.17, 15) is 0 Å². The average molecular weight is 271 g/mol. The lowest BCUT2D eigenvalue weighted by atomic mass is 10.0. The fourth-order valence-corrected chi connectivity index (χ4v) is 2.40. The number of rotatable bonds is 3. The van der Waals surface area contributed by atoms with Crippen LogP contribution in [0.25, 0.3) is 0 Å². The maximum atomic E-state index is 9.11. The van der Waals surface area contributed by atoms with Gasteiger partial charge in [0, 0.05) is 24.2 Å². The first-order valence-electron chi connectivity index (χ1n) is 6.62. The number of aliphatic hydroxyl groups excluding tert-OH is 1. The minimum Gasteiger partial charge on any atom is -0.483 e. The highest BCUT2D eigenvalue weighted by molar-refractivity contribution is 5.51. The van der Waals surface area contributed by atoms with Gasteiger partial charge >= 0.3 is 0 Å². The predicted molar refractivity (Wildman–Crippen MR) is 75.1 cm³/mol. The van der Waals surface area contributed by atoms with Gasteiger partial charge in [0.2, 0.25) is 0 Å². The van der Waals surface area contributed by atoms with Crippen LogP contribution in [-0.4, -0.2) is 15.7 Å². The number of fused-ring (bicyclic) bond motifs is 1. The molecule has 0 bridgehead atoms. The first-order chi connectivity index (χ1) is 9.57. The van der Waals surface area contributed by atoms with E-state index >= 15 is 0 Å². The van der Waals surface area contributed by atoms with Gasteiger partial charge in [-0.15, -0.1) is 0 Å². The first-order valence-corrected chi connectivity index (χ1v) is 6.62. The quantitative estimate of drug-likeness (QED) is 0.932. The highest BCUT2D eigenvalue weighted by Gasteiger charge is 2.32. The lowest BCUT2D eigenvalue weighted by Gasteiger charge is -2.18. The zero-order valence-corrected chi connectivity index (χ0v) is 11.6. The third kappa shape index (κ3) is 2.47. The zero-order chi connectivity index (χ0) is 14.2. The molecule has 1 aliphatic rings. The fraction of sp³-hybridized carbons (Fsp3) is 0.312. The maximum absolute atomic E-state index is 9.11. The van der Waals surface area contributed by atoms with Crippen LogP contribution in [0.15, 0.2) is 36.5 Å². The summed E-state index contributed by atoms with van der Waals surface area (Å²) in [4.78, 5) is 4.03. The van der Waals surface area contributed by atoms with Gasteiger partial charge in [-0.2, -0.15) is 0 Å². The van der Waals surface area contributed by atoms with E-state index < -0.39 is 0 Å². The number of aliphatic hydroxyl groups is 1. The molecule has 3 rings (SSSR count). The van der Waals surface area contributed by atoms with Crippen LogP contribution in [-0.2, 0) is 13.0 Å². The van der Waals surface area contributed by atoms with Crippen LogP contribution < -0.4 is 9.47 Å². The molecule has 0 amide bonds. The third-order valence-electron chi connectivity index (χ3n) is 3.23. The summed E-state index contributed by atoms with van der Waals surface area (Å²) in [5.41, 5.74) is 1.54. The van der Waals surface area contributed by atoms with Gasteiger partial charge in [-0.3, -0.25) is 4.98 Å². The van der Waals surface area contributed by atoms with E-state index in [2.05, 4.69) is 24.9 Å². The number of hydrogen-bond donors (Lipinski definition) is 1. The van der Waals surface area contributed by atoms with Crippen LogP contribution in [0, 0.1) is 0 Å². The van der Waals surface area contributed by atoms with Crippen molar-refractivity contribution in [1.29, 1.82) is 0 Å². The first kappa shape index (κ1) is 12.9. The third-order valence-corrected chi connectivity index (χ3v) is 3.23. The van der Waals surface area contributed by atoms with Crippen LogP contribution in [0.1, 0.15) is 25.1 Å². The van der Waals surface area contributed by atoms with Crippen molar-refractivity contribution in [1.82, 2.24) is 4.98 Å². The molecule has 0 radical (unpaired) electrons. The second-order valence-corrected chi connectivity index (χ2v) is 5.53. The Hall–Kier alpha value is -2.07. The molecule has 1 aromatic heterocycles. The molecule has 0 saturated carbocycles. The molecule has 4 nitrogen and oxygen atoms in total. The number of benzene rings is 1. The molecule has 0 saturated heterocycles. The molecule has 0 spiro atoms. The van der Waals surface area contributed by atoms with E-state index in [1.807, 2.05) is 12.1 Å². The second-order valence-electron chi connectivity index (χ2n) is 5.53. The summed E-state index contributed by atoms with van der Waals surface area (Å²) in [6, 6.07) is 9.40. The SMILES string of the molecule is CC1(C)Cc2cccc(Oc3ccnc(CO)c3)c2O1. The number of nitrogens with zero attached hydrogens (tertiary/aromatic N) is 1. The van der Waals surface area contributed by atoms with Crippen LogP contribution in [0.5, 0.6) is 17.2 Å². The van der Waals surface area contributed by atoms with Gasteiger partial charge in [-0.25, -0.2) is 0 Å². The Balaban J connectivity index is 1.91. The Morgan fingerprint density at radius 3 is 3.00 bits per heavy atom. The summed E-state index contributed by atoms with van der Waals surface area (Å²) in [5.74, 6) is 2.15. The van der Waals surface area contributed by atoms with Crippen LogP contribution in [0.4, 0.5) is 0 Å². The van der Waals surface area contributed by atoms with Crippen molar-refractivity contribution in [2.75, 3.05) is 0 Å². The van der Waals surface area contributed by atoms with E-state index in [1.54, 1.807) is 18.3 Å². The van der Waals surface area contributed by atoms with Crippen molar-refractivity contribution in [3.8, 4) is 17.2 Å². The van der Waals surface area contributed by atoms with Crippen molar-refractivity contribution < 1.29 is 14.6 Å². The molecule has 2 aromatic rings. The molecule has 104 valence electrons. The highest BCUT2D eigenvalue weighted by Crippen LogP contribution is 2.43. The molecule has 0 aliphatic carbocycles. The Kier molecular flexibility index (Phi) is 3.10. The van der Waals surface area contributed by atoms with Gasteiger partial charge < -0.3 is 14.6 Å². The smallest absolute Gasteiger partial charge is 0.169 e. The molecule has 0 atom stereocenters. The van der Waals surface area contributed by atoms with Crippen molar-refractivity contribution in [3.05, 3.63) is 47.8 Å². The lowest BCUT2D eigenvalue weighted by Crippen LogP contribution is -2.24. The summed E-state index contributed by atoms with van der Waals surface area (Å²) in [5, 5.41) is 9.11.